The Morgan fingerprint density at radius 2 is 1.84 bits per heavy atom. The maximum atomic E-state index is 12.1. The molecule has 0 saturated carbocycles. The molecule has 9 nitrogen and oxygen atoms in total. The quantitative estimate of drug-likeness (QED) is 0.391. The molecule has 168 valence electrons. The van der Waals surface area contributed by atoms with E-state index in [9.17, 15) is 14.4 Å². The van der Waals surface area contributed by atoms with Crippen LogP contribution in [-0.2, 0) is 19.1 Å². The number of carbonyl (C=O) groups is 3. The van der Waals surface area contributed by atoms with Crippen LogP contribution in [0.5, 0.6) is 5.75 Å². The van der Waals surface area contributed by atoms with Gasteiger partial charge < -0.3 is 19.7 Å². The van der Waals surface area contributed by atoms with Gasteiger partial charge in [-0.2, -0.15) is 5.10 Å². The smallest absolute Gasteiger partial charge is 0.329 e. The first-order valence-electron chi connectivity index (χ1n) is 9.91. The molecule has 0 unspecified atom stereocenters. The molecule has 2 N–H and O–H groups in total. The summed E-state index contributed by atoms with van der Waals surface area (Å²) in [5.74, 6) is -1.34. The van der Waals surface area contributed by atoms with E-state index >= 15 is 0 Å². The molecule has 2 aromatic rings. The lowest BCUT2D eigenvalue weighted by Gasteiger charge is -2.26. The molecule has 2 aromatic carbocycles. The number of amides is 3. The average molecular weight is 459 g/mol. The normalized spacial score (nSPS) is 13.6. The van der Waals surface area contributed by atoms with E-state index in [0.717, 1.165) is 5.56 Å². The molecular weight excluding hydrogens is 436 g/mol. The van der Waals surface area contributed by atoms with Crippen molar-refractivity contribution < 1.29 is 23.9 Å². The number of hydrazone groups is 1. The third-order valence-corrected chi connectivity index (χ3v) is 5.03. The first-order chi connectivity index (χ1) is 15.4. The molecule has 10 heteroatoms. The maximum absolute atomic E-state index is 12.1. The van der Waals surface area contributed by atoms with Gasteiger partial charge in [0.25, 0.3) is 5.91 Å². The van der Waals surface area contributed by atoms with Crippen molar-refractivity contribution in [3.8, 4) is 5.75 Å². The standard InChI is InChI=1S/C22H23ClN4O5/c1-15-2-5-17(12-19(15)23)25-21(29)22(30)26-24-13-16-3-6-18(7-4-16)32-14-20(28)27-8-10-31-11-9-27/h2-7,12-13H,8-11,14H2,1H3,(H,25,29)(H,26,30)/b24-13-. The number of benzene rings is 2. The maximum Gasteiger partial charge on any atom is 0.329 e. The van der Waals surface area contributed by atoms with E-state index in [1.165, 1.54) is 6.21 Å². The van der Waals surface area contributed by atoms with E-state index in [4.69, 9.17) is 21.1 Å². The number of anilines is 1. The van der Waals surface area contributed by atoms with Crippen molar-refractivity contribution in [1.29, 1.82) is 0 Å². The second kappa shape index (κ2) is 11.3. The van der Waals surface area contributed by atoms with Crippen LogP contribution >= 0.6 is 11.6 Å². The predicted molar refractivity (Wildman–Crippen MR) is 120 cm³/mol. The number of nitrogens with zero attached hydrogens (tertiary/aromatic N) is 2. The fourth-order valence-electron chi connectivity index (χ4n) is 2.77. The third-order valence-electron chi connectivity index (χ3n) is 4.62. The summed E-state index contributed by atoms with van der Waals surface area (Å²) >= 11 is 6.00. The Bertz CT molecular complexity index is 1000. The van der Waals surface area contributed by atoms with Gasteiger partial charge in [-0.25, -0.2) is 5.43 Å². The zero-order valence-electron chi connectivity index (χ0n) is 17.5. The minimum Gasteiger partial charge on any atom is -0.484 e. The van der Waals surface area contributed by atoms with Crippen molar-refractivity contribution in [3.05, 3.63) is 58.6 Å². The molecule has 0 spiro atoms. The average Bonchev–Trinajstić information content (AvgIpc) is 2.81. The summed E-state index contributed by atoms with van der Waals surface area (Å²) in [6.45, 7) is 4.00. The predicted octanol–water partition coefficient (Wildman–Crippen LogP) is 1.97. The number of aryl methyl sites for hydroxylation is 1. The van der Waals surface area contributed by atoms with Crippen LogP contribution in [-0.4, -0.2) is 61.7 Å². The molecule has 1 aliphatic rings. The number of halogens is 1. The van der Waals surface area contributed by atoms with Crippen LogP contribution in [0.4, 0.5) is 5.69 Å². The fourth-order valence-corrected chi connectivity index (χ4v) is 2.95. The van der Waals surface area contributed by atoms with E-state index in [1.807, 2.05) is 6.92 Å². The SMILES string of the molecule is Cc1ccc(NC(=O)C(=O)N/N=C\c2ccc(OCC(=O)N3CCOCC3)cc2)cc1Cl. The molecular formula is C22H23ClN4O5. The molecule has 0 aliphatic carbocycles. The highest BCUT2D eigenvalue weighted by Crippen LogP contribution is 2.19. The van der Waals surface area contributed by atoms with Gasteiger partial charge in [0.05, 0.1) is 19.4 Å². The van der Waals surface area contributed by atoms with Gasteiger partial charge in [-0.1, -0.05) is 17.7 Å². The molecule has 1 aliphatic heterocycles. The number of hydrogen-bond acceptors (Lipinski definition) is 6. The molecule has 3 amide bonds. The lowest BCUT2D eigenvalue weighted by Crippen LogP contribution is -2.42. The molecule has 1 saturated heterocycles. The van der Waals surface area contributed by atoms with Crippen molar-refractivity contribution in [1.82, 2.24) is 10.3 Å². The van der Waals surface area contributed by atoms with Crippen LogP contribution in [0.25, 0.3) is 0 Å². The Morgan fingerprint density at radius 3 is 2.53 bits per heavy atom. The highest BCUT2D eigenvalue weighted by atomic mass is 35.5. The van der Waals surface area contributed by atoms with E-state index in [-0.39, 0.29) is 12.5 Å². The fraction of sp³-hybridized carbons (Fsp3) is 0.273. The van der Waals surface area contributed by atoms with Gasteiger partial charge in [0.15, 0.2) is 6.61 Å². The second-order valence-corrected chi connectivity index (χ2v) is 7.38. The lowest BCUT2D eigenvalue weighted by molar-refractivity contribution is -0.137. The van der Waals surface area contributed by atoms with Gasteiger partial charge >= 0.3 is 11.8 Å². The van der Waals surface area contributed by atoms with Crippen LogP contribution in [0.3, 0.4) is 0 Å². The van der Waals surface area contributed by atoms with Gasteiger partial charge in [0.2, 0.25) is 0 Å². The zero-order valence-corrected chi connectivity index (χ0v) is 18.2. The summed E-state index contributed by atoms with van der Waals surface area (Å²) in [5.41, 5.74) is 4.10. The Kier molecular flexibility index (Phi) is 8.18. The molecule has 3 rings (SSSR count). The number of ether oxygens (including phenoxy) is 2. The zero-order chi connectivity index (χ0) is 22.9. The number of carbonyl (C=O) groups excluding carboxylic acids is 3. The largest absolute Gasteiger partial charge is 0.484 e. The van der Waals surface area contributed by atoms with E-state index in [1.54, 1.807) is 47.4 Å². The van der Waals surface area contributed by atoms with Crippen LogP contribution in [0.2, 0.25) is 5.02 Å². The van der Waals surface area contributed by atoms with Gasteiger partial charge in [-0.15, -0.1) is 0 Å². The van der Waals surface area contributed by atoms with Gasteiger partial charge in [0, 0.05) is 23.8 Å². The van der Waals surface area contributed by atoms with Crippen molar-refractivity contribution in [2.45, 2.75) is 6.92 Å². The molecule has 0 aromatic heterocycles. The molecule has 0 radical (unpaired) electrons. The summed E-state index contributed by atoms with van der Waals surface area (Å²) < 4.78 is 10.7. The highest BCUT2D eigenvalue weighted by Gasteiger charge is 2.17. The van der Waals surface area contributed by atoms with E-state index in [0.29, 0.717) is 48.3 Å². The Hall–Kier alpha value is -3.43. The summed E-state index contributed by atoms with van der Waals surface area (Å²) in [4.78, 5) is 37.6. The first-order valence-corrected chi connectivity index (χ1v) is 10.3. The van der Waals surface area contributed by atoms with E-state index in [2.05, 4.69) is 15.8 Å². The Labute approximate surface area is 190 Å². The molecule has 32 heavy (non-hydrogen) atoms. The minimum atomic E-state index is -0.917. The topological polar surface area (TPSA) is 109 Å². The number of nitrogens with one attached hydrogen (secondary N) is 2. The van der Waals surface area contributed by atoms with E-state index < -0.39 is 11.8 Å². The summed E-state index contributed by atoms with van der Waals surface area (Å²) in [5, 5.41) is 6.71. The van der Waals surface area contributed by atoms with Crippen molar-refractivity contribution in [2.75, 3.05) is 38.2 Å². The molecule has 1 fully saturated rings. The van der Waals surface area contributed by atoms with Crippen molar-refractivity contribution in [2.24, 2.45) is 5.10 Å². The van der Waals surface area contributed by atoms with Crippen LogP contribution in [0, 0.1) is 6.92 Å². The number of morpholine rings is 1. The summed E-state index contributed by atoms with van der Waals surface area (Å²) in [6.07, 6.45) is 1.39. The lowest BCUT2D eigenvalue weighted by atomic mass is 10.2. The van der Waals surface area contributed by atoms with Gasteiger partial charge in [-0.05, 0) is 54.4 Å². The molecule has 0 bridgehead atoms. The second-order valence-electron chi connectivity index (χ2n) is 6.97. The monoisotopic (exact) mass is 458 g/mol. The molecule has 1 heterocycles. The van der Waals surface area contributed by atoms with Gasteiger partial charge in [-0.3, -0.25) is 14.4 Å². The number of rotatable bonds is 6. The Balaban J connectivity index is 1.43. The third kappa shape index (κ3) is 6.79. The summed E-state index contributed by atoms with van der Waals surface area (Å²) in [6, 6.07) is 11.7. The number of hydrogen-bond donors (Lipinski definition) is 2. The molecule has 0 atom stereocenters. The highest BCUT2D eigenvalue weighted by molar-refractivity contribution is 6.39. The summed E-state index contributed by atoms with van der Waals surface area (Å²) in [7, 11) is 0. The van der Waals surface area contributed by atoms with Crippen molar-refractivity contribution >= 4 is 41.2 Å². The van der Waals surface area contributed by atoms with Crippen LogP contribution < -0.4 is 15.5 Å². The minimum absolute atomic E-state index is 0.0508. The van der Waals surface area contributed by atoms with Crippen molar-refractivity contribution in [3.63, 3.8) is 0 Å². The van der Waals surface area contributed by atoms with Crippen LogP contribution in [0.15, 0.2) is 47.6 Å². The Morgan fingerprint density at radius 1 is 1.12 bits per heavy atom. The van der Waals surface area contributed by atoms with Gasteiger partial charge in [0.1, 0.15) is 5.75 Å². The van der Waals surface area contributed by atoms with Crippen LogP contribution in [0.1, 0.15) is 11.1 Å². The first kappa shape index (κ1) is 23.2.